The molecule has 3 N–H and O–H groups in total. The van der Waals surface area contributed by atoms with Crippen molar-refractivity contribution in [3.8, 4) is 17.2 Å². The highest BCUT2D eigenvalue weighted by atomic mass is 16.3. The molecular weight excluding hydrogens is 228 g/mol. The molecule has 0 amide bonds. The van der Waals surface area contributed by atoms with Crippen LogP contribution in [0.2, 0.25) is 0 Å². The summed E-state index contributed by atoms with van der Waals surface area (Å²) in [6.45, 7) is 3.90. The van der Waals surface area contributed by atoms with Crippen molar-refractivity contribution in [3.63, 3.8) is 0 Å². The molecule has 0 radical (unpaired) electrons. The van der Waals surface area contributed by atoms with Crippen molar-refractivity contribution in [2.24, 2.45) is 0 Å². The average Bonchev–Trinajstić information content (AvgIpc) is 2.37. The Labute approximate surface area is 106 Å². The zero-order chi connectivity index (χ0) is 13.3. The van der Waals surface area contributed by atoms with Gasteiger partial charge in [-0.15, -0.1) is 0 Å². The van der Waals surface area contributed by atoms with Crippen LogP contribution in [0.4, 0.5) is 0 Å². The van der Waals surface area contributed by atoms with E-state index in [9.17, 15) is 15.3 Å². The number of hydrogen-bond acceptors (Lipinski definition) is 3. The maximum atomic E-state index is 9.97. The van der Waals surface area contributed by atoms with Gasteiger partial charge in [-0.05, 0) is 11.6 Å². The summed E-state index contributed by atoms with van der Waals surface area (Å²) in [4.78, 5) is 0. The number of aromatic hydroxyl groups is 3. The van der Waals surface area contributed by atoms with Gasteiger partial charge in [-0.2, -0.15) is 0 Å². The molecule has 0 atom stereocenters. The highest BCUT2D eigenvalue weighted by Gasteiger charge is 2.28. The minimum Gasteiger partial charge on any atom is -0.504 e. The molecule has 0 bridgehead atoms. The van der Waals surface area contributed by atoms with Crippen LogP contribution in [0.5, 0.6) is 17.2 Å². The second kappa shape index (κ2) is 4.26. The minimum absolute atomic E-state index is 0.274. The maximum absolute atomic E-state index is 9.97. The van der Waals surface area contributed by atoms with Gasteiger partial charge < -0.3 is 15.3 Å². The molecule has 3 heteroatoms. The van der Waals surface area contributed by atoms with E-state index >= 15 is 0 Å². The molecule has 0 aliphatic carbocycles. The molecule has 0 aliphatic heterocycles. The largest absolute Gasteiger partial charge is 0.504 e. The van der Waals surface area contributed by atoms with Crippen molar-refractivity contribution < 1.29 is 15.3 Å². The predicted octanol–water partition coefficient (Wildman–Crippen LogP) is 3.13. The quantitative estimate of drug-likeness (QED) is 0.711. The lowest BCUT2D eigenvalue weighted by Gasteiger charge is -2.27. The van der Waals surface area contributed by atoms with E-state index in [1.165, 1.54) is 6.07 Å². The summed E-state index contributed by atoms with van der Waals surface area (Å²) in [5.41, 5.74) is 1.13. The molecule has 0 saturated carbocycles. The molecule has 2 aromatic carbocycles. The summed E-state index contributed by atoms with van der Waals surface area (Å²) < 4.78 is 0. The van der Waals surface area contributed by atoms with Gasteiger partial charge in [-0.3, -0.25) is 0 Å². The molecule has 18 heavy (non-hydrogen) atoms. The first kappa shape index (κ1) is 12.3. The van der Waals surface area contributed by atoms with E-state index in [2.05, 4.69) is 0 Å². The molecule has 0 heterocycles. The molecule has 0 fully saturated rings. The molecule has 3 nitrogen and oxygen atoms in total. The second-order valence-corrected chi connectivity index (χ2v) is 4.82. The fourth-order valence-electron chi connectivity index (χ4n) is 2.08. The van der Waals surface area contributed by atoms with E-state index in [4.69, 9.17) is 0 Å². The third-order valence-corrected chi connectivity index (χ3v) is 3.30. The summed E-state index contributed by atoms with van der Waals surface area (Å²) >= 11 is 0. The van der Waals surface area contributed by atoms with Crippen LogP contribution in [0.3, 0.4) is 0 Å². The Morgan fingerprint density at radius 1 is 0.778 bits per heavy atom. The minimum atomic E-state index is -0.475. The topological polar surface area (TPSA) is 60.7 Å². The molecule has 2 rings (SSSR count). The van der Waals surface area contributed by atoms with Crippen LogP contribution in [-0.4, -0.2) is 15.3 Å². The smallest absolute Gasteiger partial charge is 0.200 e. The highest BCUT2D eigenvalue weighted by molar-refractivity contribution is 5.57. The molecular formula is C15H16O3. The molecule has 0 aliphatic rings. The van der Waals surface area contributed by atoms with E-state index in [-0.39, 0.29) is 11.5 Å². The lowest BCUT2D eigenvalue weighted by molar-refractivity contribution is 0.360. The zero-order valence-corrected chi connectivity index (χ0v) is 10.4. The first-order valence-electron chi connectivity index (χ1n) is 5.74. The van der Waals surface area contributed by atoms with Crippen LogP contribution >= 0.6 is 0 Å². The number of rotatable bonds is 2. The fourth-order valence-corrected chi connectivity index (χ4v) is 2.08. The first-order valence-corrected chi connectivity index (χ1v) is 5.74. The number of phenols is 3. The number of phenolic OH excluding ortho intramolecular Hbond substituents is 3. The molecule has 94 valence electrons. The van der Waals surface area contributed by atoms with Crippen LogP contribution in [0, 0.1) is 0 Å². The van der Waals surface area contributed by atoms with Crippen LogP contribution in [0.25, 0.3) is 0 Å². The Kier molecular flexibility index (Phi) is 2.91. The molecule has 0 spiro atoms. The standard InChI is InChI=1S/C15H16O3/c1-15(2,10-6-4-3-5-7-10)11-8-9-12(16)14(18)13(11)17/h3-9,16-18H,1-2H3. The van der Waals surface area contributed by atoms with Crippen LogP contribution in [-0.2, 0) is 5.41 Å². The molecule has 2 aromatic rings. The third-order valence-electron chi connectivity index (χ3n) is 3.30. The van der Waals surface area contributed by atoms with Crippen molar-refractivity contribution in [1.29, 1.82) is 0 Å². The van der Waals surface area contributed by atoms with Gasteiger partial charge >= 0.3 is 0 Å². The summed E-state index contributed by atoms with van der Waals surface area (Å²) in [5.74, 6) is -1.07. The third kappa shape index (κ3) is 1.88. The zero-order valence-electron chi connectivity index (χ0n) is 10.4. The van der Waals surface area contributed by atoms with Crippen molar-refractivity contribution >= 4 is 0 Å². The van der Waals surface area contributed by atoms with Gasteiger partial charge in [0.25, 0.3) is 0 Å². The Morgan fingerprint density at radius 3 is 2.00 bits per heavy atom. The van der Waals surface area contributed by atoms with Gasteiger partial charge in [0.15, 0.2) is 11.5 Å². The lowest BCUT2D eigenvalue weighted by atomic mass is 9.77. The summed E-state index contributed by atoms with van der Waals surface area (Å²) in [7, 11) is 0. The van der Waals surface area contributed by atoms with Gasteiger partial charge in [0, 0.05) is 11.0 Å². The van der Waals surface area contributed by atoms with Crippen molar-refractivity contribution in [3.05, 3.63) is 53.6 Å². The van der Waals surface area contributed by atoms with Crippen molar-refractivity contribution in [2.75, 3.05) is 0 Å². The second-order valence-electron chi connectivity index (χ2n) is 4.82. The number of benzene rings is 2. The van der Waals surface area contributed by atoms with Crippen LogP contribution in [0.15, 0.2) is 42.5 Å². The van der Waals surface area contributed by atoms with Crippen LogP contribution < -0.4 is 0 Å². The molecule has 0 aromatic heterocycles. The monoisotopic (exact) mass is 244 g/mol. The lowest BCUT2D eigenvalue weighted by Crippen LogP contribution is -2.18. The Balaban J connectivity index is 2.58. The molecule has 0 saturated heterocycles. The summed E-state index contributed by atoms with van der Waals surface area (Å²) in [5, 5.41) is 28.9. The Morgan fingerprint density at radius 2 is 1.39 bits per heavy atom. The van der Waals surface area contributed by atoms with Gasteiger partial charge in [0.2, 0.25) is 5.75 Å². The van der Waals surface area contributed by atoms with E-state index in [0.29, 0.717) is 5.56 Å². The van der Waals surface area contributed by atoms with E-state index in [1.807, 2.05) is 44.2 Å². The number of hydrogen-bond donors (Lipinski definition) is 3. The van der Waals surface area contributed by atoms with Crippen molar-refractivity contribution in [2.45, 2.75) is 19.3 Å². The van der Waals surface area contributed by atoms with E-state index in [0.717, 1.165) is 5.56 Å². The normalized spacial score (nSPS) is 11.4. The molecule has 0 unspecified atom stereocenters. The summed E-state index contributed by atoms with van der Waals surface area (Å²) in [6, 6.07) is 12.7. The van der Waals surface area contributed by atoms with Gasteiger partial charge in [-0.25, -0.2) is 0 Å². The fraction of sp³-hybridized carbons (Fsp3) is 0.200. The van der Waals surface area contributed by atoms with Crippen LogP contribution in [0.1, 0.15) is 25.0 Å². The summed E-state index contributed by atoms with van der Waals surface area (Å²) in [6.07, 6.45) is 0. The van der Waals surface area contributed by atoms with Gasteiger partial charge in [-0.1, -0.05) is 50.2 Å². The first-order chi connectivity index (χ1) is 8.44. The van der Waals surface area contributed by atoms with E-state index < -0.39 is 11.2 Å². The average molecular weight is 244 g/mol. The van der Waals surface area contributed by atoms with Gasteiger partial charge in [0.05, 0.1) is 0 Å². The Bertz CT molecular complexity index is 559. The van der Waals surface area contributed by atoms with Gasteiger partial charge in [0.1, 0.15) is 0 Å². The maximum Gasteiger partial charge on any atom is 0.200 e. The SMILES string of the molecule is CC(C)(c1ccccc1)c1ccc(O)c(O)c1O. The Hall–Kier alpha value is -2.16. The predicted molar refractivity (Wildman–Crippen MR) is 70.0 cm³/mol. The highest BCUT2D eigenvalue weighted by Crippen LogP contribution is 2.44. The van der Waals surface area contributed by atoms with Crippen molar-refractivity contribution in [1.82, 2.24) is 0 Å². The van der Waals surface area contributed by atoms with E-state index in [1.54, 1.807) is 6.07 Å².